The molecule has 3 atom stereocenters. The number of carboxylic acids is 1. The number of urea groups is 1. The molecule has 2 fully saturated rings. The monoisotopic (exact) mass is 346 g/mol. The summed E-state index contributed by atoms with van der Waals surface area (Å²) < 4.78 is 5.22. The van der Waals surface area contributed by atoms with E-state index >= 15 is 0 Å². The van der Waals surface area contributed by atoms with E-state index in [4.69, 9.17) is 4.74 Å². The van der Waals surface area contributed by atoms with E-state index < -0.39 is 11.4 Å². The van der Waals surface area contributed by atoms with Gasteiger partial charge in [0.1, 0.15) is 5.75 Å². The number of carbonyl (C=O) groups is 2. The number of carbonyl (C=O) groups excluding carboxylic acids is 1. The highest BCUT2D eigenvalue weighted by Gasteiger charge is 2.55. The highest BCUT2D eigenvalue weighted by Crippen LogP contribution is 2.48. The Bertz CT molecular complexity index is 663. The van der Waals surface area contributed by atoms with Crippen LogP contribution in [0.15, 0.2) is 24.3 Å². The van der Waals surface area contributed by atoms with Crippen LogP contribution in [0.5, 0.6) is 5.75 Å². The van der Waals surface area contributed by atoms with Crippen LogP contribution >= 0.6 is 0 Å². The SMILES string of the molecule is COc1cccc(CC(C)NC(=O)N2C[C@@H]3CCC[C@@]3(C(=O)O)C2)c1. The Hall–Kier alpha value is -2.24. The number of hydrogen-bond donors (Lipinski definition) is 2. The number of methoxy groups -OCH3 is 1. The molecule has 136 valence electrons. The van der Waals surface area contributed by atoms with Crippen LogP contribution in [0.1, 0.15) is 31.7 Å². The number of nitrogens with zero attached hydrogens (tertiary/aromatic N) is 1. The molecule has 1 aromatic carbocycles. The lowest BCUT2D eigenvalue weighted by Crippen LogP contribution is -2.45. The van der Waals surface area contributed by atoms with Crippen LogP contribution in [0.2, 0.25) is 0 Å². The second-order valence-electron chi connectivity index (χ2n) is 7.34. The Kier molecular flexibility index (Phi) is 4.88. The van der Waals surface area contributed by atoms with Crippen LogP contribution in [0, 0.1) is 11.3 Å². The second kappa shape index (κ2) is 6.94. The first-order valence-electron chi connectivity index (χ1n) is 8.86. The molecule has 1 unspecified atom stereocenters. The molecule has 2 amide bonds. The van der Waals surface area contributed by atoms with Crippen molar-refractivity contribution in [3.63, 3.8) is 0 Å². The van der Waals surface area contributed by atoms with E-state index in [2.05, 4.69) is 5.32 Å². The lowest BCUT2D eigenvalue weighted by molar-refractivity contribution is -0.149. The molecule has 6 heteroatoms. The van der Waals surface area contributed by atoms with Crippen molar-refractivity contribution in [2.24, 2.45) is 11.3 Å². The number of ether oxygens (including phenoxy) is 1. The predicted molar refractivity (Wildman–Crippen MR) is 93.7 cm³/mol. The molecule has 0 spiro atoms. The summed E-state index contributed by atoms with van der Waals surface area (Å²) in [5, 5.41) is 12.6. The summed E-state index contributed by atoms with van der Waals surface area (Å²) in [4.78, 5) is 26.0. The Morgan fingerprint density at radius 1 is 1.48 bits per heavy atom. The lowest BCUT2D eigenvalue weighted by Gasteiger charge is -2.24. The second-order valence-corrected chi connectivity index (χ2v) is 7.34. The van der Waals surface area contributed by atoms with Crippen molar-refractivity contribution in [2.45, 2.75) is 38.6 Å². The van der Waals surface area contributed by atoms with Crippen molar-refractivity contribution in [2.75, 3.05) is 20.2 Å². The number of likely N-dealkylation sites (tertiary alicyclic amines) is 1. The highest BCUT2D eigenvalue weighted by atomic mass is 16.5. The molecule has 0 aromatic heterocycles. The van der Waals surface area contributed by atoms with Gasteiger partial charge in [-0.2, -0.15) is 0 Å². The summed E-state index contributed by atoms with van der Waals surface area (Å²) >= 11 is 0. The normalized spacial score (nSPS) is 26.2. The molecule has 2 aliphatic rings. The molecule has 25 heavy (non-hydrogen) atoms. The maximum absolute atomic E-state index is 12.6. The average molecular weight is 346 g/mol. The zero-order valence-corrected chi connectivity index (χ0v) is 14.8. The molecule has 1 saturated carbocycles. The third-order valence-electron chi connectivity index (χ3n) is 5.63. The molecule has 0 radical (unpaired) electrons. The number of aliphatic carboxylic acids is 1. The van der Waals surface area contributed by atoms with Crippen molar-refractivity contribution in [1.82, 2.24) is 10.2 Å². The standard InChI is InChI=1S/C19H26N2O4/c1-13(9-14-5-3-7-16(10-14)25-2)20-18(24)21-11-15-6-4-8-19(15,12-21)17(22)23/h3,5,7,10,13,15H,4,6,8-9,11-12H2,1-2H3,(H,20,24)(H,22,23)/t13?,15-,19+/m0/s1. The van der Waals surface area contributed by atoms with Crippen molar-refractivity contribution >= 4 is 12.0 Å². The Morgan fingerprint density at radius 3 is 2.96 bits per heavy atom. The summed E-state index contributed by atoms with van der Waals surface area (Å²) in [6.07, 6.45) is 3.22. The Morgan fingerprint density at radius 2 is 2.28 bits per heavy atom. The van der Waals surface area contributed by atoms with Crippen LogP contribution in [0.4, 0.5) is 4.79 Å². The topological polar surface area (TPSA) is 78.9 Å². The van der Waals surface area contributed by atoms with Gasteiger partial charge in [-0.15, -0.1) is 0 Å². The zero-order valence-electron chi connectivity index (χ0n) is 14.8. The predicted octanol–water partition coefficient (Wildman–Crippen LogP) is 2.52. The molecule has 1 heterocycles. The molecule has 3 rings (SSSR count). The van der Waals surface area contributed by atoms with Gasteiger partial charge in [-0.3, -0.25) is 4.79 Å². The van der Waals surface area contributed by atoms with Crippen molar-refractivity contribution in [3.05, 3.63) is 29.8 Å². The van der Waals surface area contributed by atoms with Crippen molar-refractivity contribution < 1.29 is 19.4 Å². The maximum Gasteiger partial charge on any atom is 0.317 e. The van der Waals surface area contributed by atoms with E-state index in [0.29, 0.717) is 25.9 Å². The molecule has 0 bridgehead atoms. The fourth-order valence-electron chi connectivity index (χ4n) is 4.30. The quantitative estimate of drug-likeness (QED) is 0.859. The van der Waals surface area contributed by atoms with Gasteiger partial charge in [0.05, 0.1) is 12.5 Å². The van der Waals surface area contributed by atoms with Gasteiger partial charge in [0.15, 0.2) is 0 Å². The van der Waals surface area contributed by atoms with Crippen LogP contribution in [0.3, 0.4) is 0 Å². The molecule has 1 aliphatic heterocycles. The average Bonchev–Trinajstić information content (AvgIpc) is 3.13. The number of benzene rings is 1. The zero-order chi connectivity index (χ0) is 18.0. The molecular formula is C19H26N2O4. The fourth-order valence-corrected chi connectivity index (χ4v) is 4.30. The Labute approximate surface area is 148 Å². The van der Waals surface area contributed by atoms with Gasteiger partial charge in [-0.05, 0) is 49.8 Å². The minimum absolute atomic E-state index is 0.0409. The summed E-state index contributed by atoms with van der Waals surface area (Å²) in [6, 6.07) is 7.58. The molecule has 1 saturated heterocycles. The minimum Gasteiger partial charge on any atom is -0.497 e. The van der Waals surface area contributed by atoms with E-state index in [0.717, 1.165) is 24.2 Å². The van der Waals surface area contributed by atoms with E-state index in [1.54, 1.807) is 12.0 Å². The maximum atomic E-state index is 12.6. The largest absolute Gasteiger partial charge is 0.497 e. The van der Waals surface area contributed by atoms with Gasteiger partial charge in [0, 0.05) is 19.1 Å². The van der Waals surface area contributed by atoms with E-state index in [1.807, 2.05) is 31.2 Å². The summed E-state index contributed by atoms with van der Waals surface area (Å²) in [5.41, 5.74) is 0.361. The number of amides is 2. The lowest BCUT2D eigenvalue weighted by atomic mass is 9.81. The minimum atomic E-state index is -0.755. The first-order chi connectivity index (χ1) is 11.9. The first kappa shape index (κ1) is 17.6. The third kappa shape index (κ3) is 3.43. The molecule has 2 N–H and O–H groups in total. The highest BCUT2D eigenvalue weighted by molar-refractivity contribution is 5.80. The van der Waals surface area contributed by atoms with Crippen LogP contribution in [-0.4, -0.2) is 48.2 Å². The number of nitrogens with one attached hydrogen (secondary N) is 1. The molecule has 1 aromatic rings. The van der Waals surface area contributed by atoms with Gasteiger partial charge in [-0.1, -0.05) is 18.6 Å². The molecule has 6 nitrogen and oxygen atoms in total. The van der Waals surface area contributed by atoms with Gasteiger partial charge >= 0.3 is 12.0 Å². The molecular weight excluding hydrogens is 320 g/mol. The van der Waals surface area contributed by atoms with Crippen LogP contribution in [-0.2, 0) is 11.2 Å². The summed E-state index contributed by atoms with van der Waals surface area (Å²) in [7, 11) is 1.63. The van der Waals surface area contributed by atoms with Gasteiger partial charge in [0.25, 0.3) is 0 Å². The smallest absolute Gasteiger partial charge is 0.317 e. The summed E-state index contributed by atoms with van der Waals surface area (Å²) in [5.74, 6) is 0.131. The first-order valence-corrected chi connectivity index (χ1v) is 8.86. The van der Waals surface area contributed by atoms with Gasteiger partial charge < -0.3 is 20.1 Å². The number of rotatable bonds is 5. The van der Waals surface area contributed by atoms with Crippen molar-refractivity contribution in [3.8, 4) is 5.75 Å². The van der Waals surface area contributed by atoms with Crippen LogP contribution in [0.25, 0.3) is 0 Å². The fraction of sp³-hybridized carbons (Fsp3) is 0.579. The summed E-state index contributed by atoms with van der Waals surface area (Å²) in [6.45, 7) is 2.83. The number of carboxylic acid groups (broad SMARTS) is 1. The van der Waals surface area contributed by atoms with Crippen LogP contribution < -0.4 is 10.1 Å². The van der Waals surface area contributed by atoms with E-state index in [1.165, 1.54) is 0 Å². The van der Waals surface area contributed by atoms with Crippen molar-refractivity contribution in [1.29, 1.82) is 0 Å². The number of hydrogen-bond acceptors (Lipinski definition) is 3. The van der Waals surface area contributed by atoms with Gasteiger partial charge in [-0.25, -0.2) is 4.79 Å². The number of fused-ring (bicyclic) bond motifs is 1. The Balaban J connectivity index is 1.58. The van der Waals surface area contributed by atoms with Gasteiger partial charge in [0.2, 0.25) is 0 Å². The molecule has 1 aliphatic carbocycles. The third-order valence-corrected chi connectivity index (χ3v) is 5.63. The van der Waals surface area contributed by atoms with E-state index in [9.17, 15) is 14.7 Å². The van der Waals surface area contributed by atoms with E-state index in [-0.39, 0.29) is 18.0 Å².